The molecule has 0 aromatic heterocycles. The largest absolute Gasteiger partial charge is 0.394 e. The van der Waals surface area contributed by atoms with E-state index in [1.807, 2.05) is 6.92 Å². The second-order valence-corrected chi connectivity index (χ2v) is 12.8. The Hall–Kier alpha value is -0.690. The summed E-state index contributed by atoms with van der Waals surface area (Å²) < 4.78 is 11.2. The molecule has 10 heteroatoms. The summed E-state index contributed by atoms with van der Waals surface area (Å²) >= 11 is 0. The molecule has 10 nitrogen and oxygen atoms in total. The summed E-state index contributed by atoms with van der Waals surface area (Å²) in [4.78, 5) is 12.2. The van der Waals surface area contributed by atoms with E-state index in [4.69, 9.17) is 9.47 Å². The molecule has 4 aliphatic carbocycles. The maximum atomic E-state index is 12.2. The zero-order valence-corrected chi connectivity index (χ0v) is 21.1. The number of fused-ring (bicyclic) bond motifs is 3. The van der Waals surface area contributed by atoms with Crippen LogP contribution in [0.5, 0.6) is 0 Å². The minimum absolute atomic E-state index is 0.00955. The Morgan fingerprint density at radius 3 is 2.33 bits per heavy atom. The highest BCUT2D eigenvalue weighted by atomic mass is 16.7. The number of carbonyl (C=O) groups is 1. The van der Waals surface area contributed by atoms with Crippen LogP contribution in [0.1, 0.15) is 58.8 Å². The first kappa shape index (κ1) is 26.9. The summed E-state index contributed by atoms with van der Waals surface area (Å²) in [5, 5.41) is 74.2. The highest BCUT2D eigenvalue weighted by molar-refractivity contribution is 5.61. The van der Waals surface area contributed by atoms with Crippen molar-refractivity contribution in [1.82, 2.24) is 0 Å². The normalized spacial score (nSPS) is 58.7. The fourth-order valence-electron chi connectivity index (χ4n) is 9.33. The highest BCUT2D eigenvalue weighted by Gasteiger charge is 2.72. The molecule has 0 unspecified atom stereocenters. The summed E-state index contributed by atoms with van der Waals surface area (Å²) in [5.41, 5.74) is -3.24. The molecule has 206 valence electrons. The van der Waals surface area contributed by atoms with Gasteiger partial charge >= 0.3 is 0 Å². The van der Waals surface area contributed by atoms with Crippen molar-refractivity contribution in [3.8, 4) is 0 Å². The van der Waals surface area contributed by atoms with Crippen LogP contribution in [0.3, 0.4) is 0 Å². The van der Waals surface area contributed by atoms with Gasteiger partial charge < -0.3 is 50.0 Å². The van der Waals surface area contributed by atoms with E-state index in [1.54, 1.807) is 0 Å². The van der Waals surface area contributed by atoms with Crippen LogP contribution in [-0.2, 0) is 14.3 Å². The van der Waals surface area contributed by atoms with Gasteiger partial charge in [0.05, 0.1) is 30.8 Å². The second kappa shape index (κ2) is 8.93. The van der Waals surface area contributed by atoms with Gasteiger partial charge in [-0.1, -0.05) is 13.8 Å². The average molecular weight is 515 g/mol. The Morgan fingerprint density at radius 2 is 1.67 bits per heavy atom. The van der Waals surface area contributed by atoms with E-state index in [0.717, 1.165) is 19.1 Å². The minimum atomic E-state index is -1.60. The molecule has 0 aromatic carbocycles. The summed E-state index contributed by atoms with van der Waals surface area (Å²) in [7, 11) is 0. The molecule has 14 atom stereocenters. The zero-order valence-electron chi connectivity index (χ0n) is 21.1. The van der Waals surface area contributed by atoms with Crippen molar-refractivity contribution < 1.29 is 50.0 Å². The molecule has 36 heavy (non-hydrogen) atoms. The monoisotopic (exact) mass is 514 g/mol. The van der Waals surface area contributed by atoms with Crippen molar-refractivity contribution in [2.45, 2.75) is 107 Å². The molecule has 4 saturated carbocycles. The fourth-order valence-corrected chi connectivity index (χ4v) is 9.33. The lowest BCUT2D eigenvalue weighted by atomic mass is 9.40. The van der Waals surface area contributed by atoms with Crippen LogP contribution < -0.4 is 0 Å². The van der Waals surface area contributed by atoms with Crippen LogP contribution >= 0.6 is 0 Å². The van der Waals surface area contributed by atoms with Crippen molar-refractivity contribution in [3.05, 3.63) is 0 Å². The Balaban J connectivity index is 1.38. The van der Waals surface area contributed by atoms with E-state index in [-0.39, 0.29) is 29.8 Å². The van der Waals surface area contributed by atoms with E-state index >= 15 is 0 Å². The van der Waals surface area contributed by atoms with Gasteiger partial charge in [-0.3, -0.25) is 0 Å². The van der Waals surface area contributed by atoms with E-state index in [0.29, 0.717) is 32.1 Å². The molecule has 1 saturated heterocycles. The van der Waals surface area contributed by atoms with Crippen molar-refractivity contribution >= 4 is 6.29 Å². The molecule has 0 amide bonds. The molecule has 5 aliphatic rings. The van der Waals surface area contributed by atoms with E-state index in [1.165, 1.54) is 0 Å². The van der Waals surface area contributed by atoms with Crippen molar-refractivity contribution in [1.29, 1.82) is 0 Å². The first-order chi connectivity index (χ1) is 16.9. The van der Waals surface area contributed by atoms with Crippen LogP contribution in [0.15, 0.2) is 0 Å². The summed E-state index contributed by atoms with van der Waals surface area (Å²) in [6, 6.07) is 0. The minimum Gasteiger partial charge on any atom is -0.394 e. The molecule has 7 N–H and O–H groups in total. The molecular weight excluding hydrogens is 472 g/mol. The molecule has 0 radical (unpaired) electrons. The van der Waals surface area contributed by atoms with Gasteiger partial charge in [0.25, 0.3) is 0 Å². The van der Waals surface area contributed by atoms with Gasteiger partial charge in [-0.25, -0.2) is 0 Å². The molecule has 5 fully saturated rings. The smallest absolute Gasteiger partial charge is 0.186 e. The lowest BCUT2D eigenvalue weighted by molar-refractivity contribution is -0.313. The number of hydrogen-bond acceptors (Lipinski definition) is 10. The van der Waals surface area contributed by atoms with Gasteiger partial charge in [-0.2, -0.15) is 0 Å². The van der Waals surface area contributed by atoms with Crippen LogP contribution in [0.25, 0.3) is 0 Å². The molecule has 2 bridgehead atoms. The molecule has 1 aliphatic heterocycles. The number of hydrogen-bond donors (Lipinski definition) is 7. The number of aliphatic hydroxyl groups excluding tert-OH is 6. The fraction of sp³-hybridized carbons (Fsp3) is 0.962. The van der Waals surface area contributed by atoms with Crippen LogP contribution in [0.4, 0.5) is 0 Å². The molecule has 0 aromatic rings. The Labute approximate surface area is 211 Å². The number of rotatable bonds is 5. The van der Waals surface area contributed by atoms with Gasteiger partial charge in [0.2, 0.25) is 0 Å². The van der Waals surface area contributed by atoms with Crippen molar-refractivity contribution in [2.24, 2.45) is 34.0 Å². The Bertz CT molecular complexity index is 855. The first-order valence-electron chi connectivity index (χ1n) is 13.4. The standard InChI is InChI=1S/C26H42O10/c1-23-7-6-17(29)24(2,11-28)15(23)5-8-25-9-13(3-4-16(23)25)26(34,22(25)33)12-35-21-20(32)19(31)18(30)14(10-27)36-21/h11,13-22,27,29-34H,3-10,12H2,1-2H3/t13-,14-,15+,16+,17-,18-,19+,20-,21-,22-,23-,24+,25-,26+/m1/s1. The lowest BCUT2D eigenvalue weighted by Gasteiger charge is -2.64. The third-order valence-electron chi connectivity index (χ3n) is 11.3. The third-order valence-corrected chi connectivity index (χ3v) is 11.3. The lowest BCUT2D eigenvalue weighted by Crippen LogP contribution is -2.63. The quantitative estimate of drug-likeness (QED) is 0.227. The SMILES string of the molecule is C[C@@]1(C=O)[C@H](O)CC[C@]2(C)[C@@H]1CC[C@@]13C[C@@H](CC[C@@H]21)[C@@](O)(CO[C@@H]1O[C@H](CO)[C@@H](O)[C@H](O)[C@H]1O)[C@@H]3O. The molecular formula is C26H42O10. The van der Waals surface area contributed by atoms with Crippen LogP contribution in [0, 0.1) is 34.0 Å². The molecule has 1 spiro atoms. The first-order valence-corrected chi connectivity index (χ1v) is 13.4. The van der Waals surface area contributed by atoms with Gasteiger partial charge in [0.15, 0.2) is 6.29 Å². The van der Waals surface area contributed by atoms with Gasteiger partial charge in [-0.15, -0.1) is 0 Å². The second-order valence-electron chi connectivity index (χ2n) is 12.8. The number of ether oxygens (including phenoxy) is 2. The number of aldehydes is 1. The number of aliphatic hydroxyl groups is 7. The average Bonchev–Trinajstić information content (AvgIpc) is 3.02. The highest BCUT2D eigenvalue weighted by Crippen LogP contribution is 2.72. The van der Waals surface area contributed by atoms with Gasteiger partial charge in [0.1, 0.15) is 36.3 Å². The predicted molar refractivity (Wildman–Crippen MR) is 124 cm³/mol. The summed E-state index contributed by atoms with van der Waals surface area (Å²) in [6.45, 7) is 3.12. The maximum absolute atomic E-state index is 12.2. The Kier molecular flexibility index (Phi) is 6.67. The summed E-state index contributed by atoms with van der Waals surface area (Å²) in [5.74, 6) is -0.173. The van der Waals surface area contributed by atoms with E-state index < -0.39 is 66.0 Å². The zero-order chi connectivity index (χ0) is 26.3. The van der Waals surface area contributed by atoms with Crippen molar-refractivity contribution in [3.63, 3.8) is 0 Å². The van der Waals surface area contributed by atoms with Crippen LogP contribution in [0.2, 0.25) is 0 Å². The number of carbonyl (C=O) groups excluding carboxylic acids is 1. The molecule has 1 heterocycles. The molecule has 5 rings (SSSR count). The van der Waals surface area contributed by atoms with Gasteiger partial charge in [-0.05, 0) is 68.1 Å². The maximum Gasteiger partial charge on any atom is 0.186 e. The van der Waals surface area contributed by atoms with Crippen LogP contribution in [-0.4, -0.2) is 104 Å². The topological polar surface area (TPSA) is 177 Å². The predicted octanol–water partition coefficient (Wildman–Crippen LogP) is -0.913. The summed E-state index contributed by atoms with van der Waals surface area (Å²) in [6.07, 6.45) is -3.38. The Morgan fingerprint density at radius 1 is 0.944 bits per heavy atom. The third kappa shape index (κ3) is 3.46. The van der Waals surface area contributed by atoms with Gasteiger partial charge in [0, 0.05) is 5.41 Å². The van der Waals surface area contributed by atoms with Crippen molar-refractivity contribution in [2.75, 3.05) is 13.2 Å². The van der Waals surface area contributed by atoms with E-state index in [2.05, 4.69) is 6.92 Å². The van der Waals surface area contributed by atoms with E-state index in [9.17, 15) is 40.5 Å².